The zero-order valence-corrected chi connectivity index (χ0v) is 16.3. The average Bonchev–Trinajstić information content (AvgIpc) is 3.12. The molecule has 29 heavy (non-hydrogen) atoms. The third-order valence-corrected chi connectivity index (χ3v) is 4.64. The fourth-order valence-corrected chi connectivity index (χ4v) is 3.17. The number of aliphatic hydroxyl groups is 1. The molecule has 0 aromatic heterocycles. The van der Waals surface area contributed by atoms with Gasteiger partial charge in [-0.15, -0.1) is 0 Å². The molecule has 1 amide bonds. The van der Waals surface area contributed by atoms with Crippen molar-refractivity contribution in [3.05, 3.63) is 65.7 Å². The molecule has 1 fully saturated rings. The number of likely N-dealkylation sites (tertiary alicyclic amines) is 1. The Bertz CT molecular complexity index is 808. The number of amides is 1. The van der Waals surface area contributed by atoms with Gasteiger partial charge in [0.15, 0.2) is 0 Å². The summed E-state index contributed by atoms with van der Waals surface area (Å²) in [5, 5.41) is 9.99. The normalized spacial score (nSPS) is 18.3. The minimum Gasteiger partial charge on any atom is -0.491 e. The molecule has 1 N–H and O–H groups in total. The number of hydrogen-bond donors (Lipinski definition) is 1. The molecule has 1 aliphatic rings. The van der Waals surface area contributed by atoms with Crippen LogP contribution in [0.1, 0.15) is 29.3 Å². The van der Waals surface area contributed by atoms with E-state index in [-0.39, 0.29) is 31.8 Å². The summed E-state index contributed by atoms with van der Waals surface area (Å²) in [6.07, 6.45) is -0.669. The van der Waals surface area contributed by atoms with Crippen LogP contribution >= 0.6 is 0 Å². The van der Waals surface area contributed by atoms with Crippen LogP contribution in [0.4, 0.5) is 4.79 Å². The summed E-state index contributed by atoms with van der Waals surface area (Å²) in [7, 11) is 0. The van der Waals surface area contributed by atoms with Gasteiger partial charge in [0.1, 0.15) is 19.0 Å². The number of carbonyl (C=O) groups excluding carboxylic acids is 2. The molecule has 0 saturated carbocycles. The number of benzene rings is 2. The van der Waals surface area contributed by atoms with Crippen LogP contribution in [0.15, 0.2) is 54.6 Å². The van der Waals surface area contributed by atoms with E-state index in [1.807, 2.05) is 30.3 Å². The Morgan fingerprint density at radius 2 is 1.79 bits per heavy atom. The predicted molar refractivity (Wildman–Crippen MR) is 106 cm³/mol. The highest BCUT2D eigenvalue weighted by Crippen LogP contribution is 2.21. The monoisotopic (exact) mass is 399 g/mol. The first kappa shape index (κ1) is 20.7. The second-order valence-electron chi connectivity index (χ2n) is 6.79. The molecule has 7 nitrogen and oxygen atoms in total. The van der Waals surface area contributed by atoms with Crippen molar-refractivity contribution in [2.24, 2.45) is 0 Å². The Balaban J connectivity index is 1.53. The summed E-state index contributed by atoms with van der Waals surface area (Å²) >= 11 is 0. The van der Waals surface area contributed by atoms with Crippen LogP contribution in [-0.2, 0) is 16.1 Å². The van der Waals surface area contributed by atoms with Crippen molar-refractivity contribution in [3.63, 3.8) is 0 Å². The molecule has 2 atom stereocenters. The van der Waals surface area contributed by atoms with Crippen LogP contribution in [0, 0.1) is 0 Å². The summed E-state index contributed by atoms with van der Waals surface area (Å²) in [4.78, 5) is 25.6. The standard InChI is InChI=1S/C22H25NO6/c1-2-27-21(25)17-8-10-20(11-9-17)28-15-18-12-19(24)13-23(18)22(26)29-14-16-6-4-3-5-7-16/h3-11,18-19,24H,2,12-15H2,1H3/t18-,19+/m0/s1. The zero-order valence-electron chi connectivity index (χ0n) is 16.3. The number of β-amino-alcohol motifs (C(OH)–C–C–N with tert-alkyl or cyclic N) is 1. The fourth-order valence-electron chi connectivity index (χ4n) is 3.17. The van der Waals surface area contributed by atoms with E-state index in [0.717, 1.165) is 5.56 Å². The summed E-state index contributed by atoms with van der Waals surface area (Å²) in [5.74, 6) is 0.183. The number of esters is 1. The number of hydrogen-bond acceptors (Lipinski definition) is 6. The van der Waals surface area contributed by atoms with Gasteiger partial charge < -0.3 is 19.3 Å². The van der Waals surface area contributed by atoms with Gasteiger partial charge in [0, 0.05) is 0 Å². The maximum atomic E-state index is 12.5. The van der Waals surface area contributed by atoms with Crippen molar-refractivity contribution in [3.8, 4) is 5.75 Å². The highest BCUT2D eigenvalue weighted by Gasteiger charge is 2.35. The summed E-state index contributed by atoms with van der Waals surface area (Å²) in [6.45, 7) is 2.67. The molecule has 2 aromatic carbocycles. The van der Waals surface area contributed by atoms with Crippen molar-refractivity contribution >= 4 is 12.1 Å². The maximum Gasteiger partial charge on any atom is 0.410 e. The van der Waals surface area contributed by atoms with Gasteiger partial charge in [0.25, 0.3) is 0 Å². The molecule has 1 heterocycles. The van der Waals surface area contributed by atoms with Crippen molar-refractivity contribution < 1.29 is 28.9 Å². The lowest BCUT2D eigenvalue weighted by molar-refractivity contribution is 0.0526. The van der Waals surface area contributed by atoms with Crippen molar-refractivity contribution in [1.82, 2.24) is 4.90 Å². The van der Waals surface area contributed by atoms with Crippen LogP contribution in [0.25, 0.3) is 0 Å². The van der Waals surface area contributed by atoms with Gasteiger partial charge in [-0.3, -0.25) is 4.90 Å². The van der Waals surface area contributed by atoms with E-state index >= 15 is 0 Å². The molecule has 0 unspecified atom stereocenters. The van der Waals surface area contributed by atoms with Crippen molar-refractivity contribution in [2.75, 3.05) is 19.8 Å². The molecule has 2 aromatic rings. The molecular formula is C22H25NO6. The molecule has 0 aliphatic carbocycles. The van der Waals surface area contributed by atoms with Gasteiger partial charge >= 0.3 is 12.1 Å². The van der Waals surface area contributed by atoms with E-state index in [0.29, 0.717) is 24.3 Å². The van der Waals surface area contributed by atoms with Gasteiger partial charge in [-0.2, -0.15) is 0 Å². The lowest BCUT2D eigenvalue weighted by Gasteiger charge is -2.24. The molecule has 0 bridgehead atoms. The molecule has 3 rings (SSSR count). The third kappa shape index (κ3) is 5.71. The SMILES string of the molecule is CCOC(=O)c1ccc(OC[C@@H]2C[C@@H](O)CN2C(=O)OCc2ccccc2)cc1. The quantitative estimate of drug-likeness (QED) is 0.721. The number of aliphatic hydroxyl groups excluding tert-OH is 1. The zero-order chi connectivity index (χ0) is 20.6. The number of nitrogens with zero attached hydrogens (tertiary/aromatic N) is 1. The number of rotatable bonds is 7. The van der Waals surface area contributed by atoms with E-state index in [4.69, 9.17) is 14.2 Å². The first-order valence-electron chi connectivity index (χ1n) is 9.62. The lowest BCUT2D eigenvalue weighted by atomic mass is 10.2. The second-order valence-corrected chi connectivity index (χ2v) is 6.79. The summed E-state index contributed by atoms with van der Waals surface area (Å²) in [5.41, 5.74) is 1.34. The number of ether oxygens (including phenoxy) is 3. The molecule has 1 saturated heterocycles. The largest absolute Gasteiger partial charge is 0.491 e. The molecule has 154 valence electrons. The van der Waals surface area contributed by atoms with E-state index in [9.17, 15) is 14.7 Å². The highest BCUT2D eigenvalue weighted by atomic mass is 16.6. The molecule has 0 radical (unpaired) electrons. The van der Waals surface area contributed by atoms with E-state index in [2.05, 4.69) is 0 Å². The topological polar surface area (TPSA) is 85.3 Å². The summed E-state index contributed by atoms with van der Waals surface area (Å²) < 4.78 is 16.1. The van der Waals surface area contributed by atoms with Gasteiger partial charge in [-0.05, 0) is 43.2 Å². The Morgan fingerprint density at radius 3 is 2.48 bits per heavy atom. The maximum absolute atomic E-state index is 12.5. The third-order valence-electron chi connectivity index (χ3n) is 4.64. The van der Waals surface area contributed by atoms with Crippen LogP contribution in [0.3, 0.4) is 0 Å². The fraction of sp³-hybridized carbons (Fsp3) is 0.364. The minimum atomic E-state index is -0.612. The Hall–Kier alpha value is -3.06. The Labute approximate surface area is 169 Å². The predicted octanol–water partition coefficient (Wildman–Crippen LogP) is 3.01. The van der Waals surface area contributed by atoms with Gasteiger partial charge in [-0.25, -0.2) is 9.59 Å². The van der Waals surface area contributed by atoms with E-state index in [1.165, 1.54) is 4.90 Å². The average molecular weight is 399 g/mol. The summed E-state index contributed by atoms with van der Waals surface area (Å²) in [6, 6.07) is 15.7. The molecule has 0 spiro atoms. The van der Waals surface area contributed by atoms with Gasteiger partial charge in [0.05, 0.1) is 30.9 Å². The lowest BCUT2D eigenvalue weighted by Crippen LogP contribution is -2.39. The van der Waals surface area contributed by atoms with E-state index < -0.39 is 12.2 Å². The Morgan fingerprint density at radius 1 is 1.07 bits per heavy atom. The smallest absolute Gasteiger partial charge is 0.410 e. The van der Waals surface area contributed by atoms with Crippen molar-refractivity contribution in [1.29, 1.82) is 0 Å². The first-order valence-corrected chi connectivity index (χ1v) is 9.62. The van der Waals surface area contributed by atoms with Gasteiger partial charge in [-0.1, -0.05) is 30.3 Å². The van der Waals surface area contributed by atoms with Gasteiger partial charge in [0.2, 0.25) is 0 Å². The molecule has 1 aliphatic heterocycles. The van der Waals surface area contributed by atoms with Crippen LogP contribution < -0.4 is 4.74 Å². The molecular weight excluding hydrogens is 374 g/mol. The Kier molecular flexibility index (Phi) is 7.08. The minimum absolute atomic E-state index is 0.176. The molecule has 7 heteroatoms. The number of carbonyl (C=O) groups is 2. The van der Waals surface area contributed by atoms with Crippen LogP contribution in [0.2, 0.25) is 0 Å². The van der Waals surface area contributed by atoms with E-state index in [1.54, 1.807) is 31.2 Å². The van der Waals surface area contributed by atoms with Crippen molar-refractivity contribution in [2.45, 2.75) is 32.1 Å². The highest BCUT2D eigenvalue weighted by molar-refractivity contribution is 5.89. The van der Waals surface area contributed by atoms with Crippen LogP contribution in [-0.4, -0.2) is 54.0 Å². The first-order chi connectivity index (χ1) is 14.1. The second kappa shape index (κ2) is 9.93. The van der Waals surface area contributed by atoms with Crippen LogP contribution in [0.5, 0.6) is 5.75 Å².